The SMILES string of the molecule is Cc1nn(CCc2nnc(Cc3cccc(Cl)c3)o2)c(C)c1Cl. The van der Waals surface area contributed by atoms with Crippen molar-refractivity contribution in [1.82, 2.24) is 20.0 Å². The fourth-order valence-electron chi connectivity index (χ4n) is 2.38. The van der Waals surface area contributed by atoms with Gasteiger partial charge in [-0.25, -0.2) is 0 Å². The van der Waals surface area contributed by atoms with E-state index in [1.54, 1.807) is 0 Å². The maximum Gasteiger partial charge on any atom is 0.220 e. The lowest BCUT2D eigenvalue weighted by Gasteiger charge is -2.01. The molecule has 0 saturated heterocycles. The summed E-state index contributed by atoms with van der Waals surface area (Å²) in [6, 6.07) is 7.61. The van der Waals surface area contributed by atoms with Gasteiger partial charge in [-0.1, -0.05) is 35.3 Å². The van der Waals surface area contributed by atoms with Crippen LogP contribution in [0.3, 0.4) is 0 Å². The number of aryl methyl sites for hydroxylation is 3. The van der Waals surface area contributed by atoms with E-state index in [9.17, 15) is 0 Å². The number of benzene rings is 1. The summed E-state index contributed by atoms with van der Waals surface area (Å²) in [7, 11) is 0. The molecular weight excluding hydrogens is 335 g/mol. The Labute approximate surface area is 144 Å². The van der Waals surface area contributed by atoms with Gasteiger partial charge < -0.3 is 4.42 Å². The van der Waals surface area contributed by atoms with E-state index < -0.39 is 0 Å². The number of hydrogen-bond acceptors (Lipinski definition) is 4. The van der Waals surface area contributed by atoms with Crippen LogP contribution in [0.5, 0.6) is 0 Å². The van der Waals surface area contributed by atoms with Crippen molar-refractivity contribution in [2.75, 3.05) is 0 Å². The maximum absolute atomic E-state index is 6.14. The van der Waals surface area contributed by atoms with E-state index in [0.717, 1.165) is 17.0 Å². The van der Waals surface area contributed by atoms with Crippen LogP contribution in [0, 0.1) is 13.8 Å². The van der Waals surface area contributed by atoms with E-state index in [2.05, 4.69) is 15.3 Å². The first-order chi connectivity index (χ1) is 11.0. The zero-order valence-corrected chi connectivity index (χ0v) is 14.4. The average Bonchev–Trinajstić information content (AvgIpc) is 3.05. The Balaban J connectivity index is 1.64. The minimum absolute atomic E-state index is 0.569. The van der Waals surface area contributed by atoms with Gasteiger partial charge in [-0.2, -0.15) is 5.10 Å². The normalized spacial score (nSPS) is 11.1. The van der Waals surface area contributed by atoms with Gasteiger partial charge in [0.2, 0.25) is 11.8 Å². The van der Waals surface area contributed by atoms with Crippen LogP contribution in [-0.4, -0.2) is 20.0 Å². The Morgan fingerprint density at radius 3 is 2.61 bits per heavy atom. The Kier molecular flexibility index (Phi) is 4.68. The van der Waals surface area contributed by atoms with Crippen molar-refractivity contribution in [2.45, 2.75) is 33.2 Å². The molecule has 5 nitrogen and oxygen atoms in total. The second-order valence-corrected chi connectivity index (χ2v) is 6.17. The summed E-state index contributed by atoms with van der Waals surface area (Å²) in [6.45, 7) is 4.49. The van der Waals surface area contributed by atoms with Crippen molar-refractivity contribution in [3.8, 4) is 0 Å². The van der Waals surface area contributed by atoms with Crippen molar-refractivity contribution >= 4 is 23.2 Å². The first-order valence-electron chi connectivity index (χ1n) is 7.28. The van der Waals surface area contributed by atoms with Gasteiger partial charge in [-0.3, -0.25) is 4.68 Å². The fraction of sp³-hybridized carbons (Fsp3) is 0.312. The minimum Gasteiger partial charge on any atom is -0.425 e. The van der Waals surface area contributed by atoms with Crippen LogP contribution < -0.4 is 0 Å². The third-order valence-electron chi connectivity index (χ3n) is 3.58. The van der Waals surface area contributed by atoms with Gasteiger partial charge in [-0.05, 0) is 31.5 Å². The highest BCUT2D eigenvalue weighted by molar-refractivity contribution is 6.31. The molecule has 3 aromatic rings. The summed E-state index contributed by atoms with van der Waals surface area (Å²) in [6.07, 6.45) is 1.18. The van der Waals surface area contributed by atoms with Crippen LogP contribution in [0.25, 0.3) is 0 Å². The monoisotopic (exact) mass is 350 g/mol. The van der Waals surface area contributed by atoms with E-state index in [1.807, 2.05) is 42.8 Å². The topological polar surface area (TPSA) is 56.7 Å². The molecule has 1 aromatic carbocycles. The fourth-order valence-corrected chi connectivity index (χ4v) is 2.72. The maximum atomic E-state index is 6.14. The highest BCUT2D eigenvalue weighted by Gasteiger charge is 2.11. The predicted octanol–water partition coefficient (Wildman–Crippen LogP) is 4.02. The van der Waals surface area contributed by atoms with Crippen LogP contribution in [0.2, 0.25) is 10.0 Å². The second-order valence-electron chi connectivity index (χ2n) is 5.35. The summed E-state index contributed by atoms with van der Waals surface area (Å²) >= 11 is 12.1. The molecule has 0 N–H and O–H groups in total. The molecule has 0 atom stereocenters. The Morgan fingerprint density at radius 1 is 1.13 bits per heavy atom. The smallest absolute Gasteiger partial charge is 0.220 e. The van der Waals surface area contributed by atoms with E-state index in [-0.39, 0.29) is 0 Å². The predicted molar refractivity (Wildman–Crippen MR) is 89.0 cm³/mol. The van der Waals surface area contributed by atoms with Gasteiger partial charge in [0.15, 0.2) is 0 Å². The molecular formula is C16H16Cl2N4O. The molecule has 120 valence electrons. The molecule has 0 saturated carbocycles. The standard InChI is InChI=1S/C16H16Cl2N4O/c1-10-16(18)11(2)22(21-10)7-6-14-19-20-15(23-14)9-12-4-3-5-13(17)8-12/h3-5,8H,6-7,9H2,1-2H3. The first-order valence-corrected chi connectivity index (χ1v) is 8.03. The number of hydrogen-bond donors (Lipinski definition) is 0. The van der Waals surface area contributed by atoms with Gasteiger partial charge in [0, 0.05) is 18.0 Å². The molecule has 23 heavy (non-hydrogen) atoms. The average molecular weight is 351 g/mol. The van der Waals surface area contributed by atoms with Crippen molar-refractivity contribution in [2.24, 2.45) is 0 Å². The molecule has 0 aliphatic rings. The van der Waals surface area contributed by atoms with E-state index in [4.69, 9.17) is 27.6 Å². The van der Waals surface area contributed by atoms with Crippen molar-refractivity contribution in [3.63, 3.8) is 0 Å². The molecule has 0 aliphatic heterocycles. The summed E-state index contributed by atoms with van der Waals surface area (Å²) in [5, 5.41) is 14.0. The lowest BCUT2D eigenvalue weighted by Crippen LogP contribution is -2.05. The van der Waals surface area contributed by atoms with Gasteiger partial charge in [0.1, 0.15) is 0 Å². The molecule has 2 aromatic heterocycles. The highest BCUT2D eigenvalue weighted by Crippen LogP contribution is 2.19. The molecule has 0 radical (unpaired) electrons. The van der Waals surface area contributed by atoms with Crippen molar-refractivity contribution in [1.29, 1.82) is 0 Å². The van der Waals surface area contributed by atoms with Crippen molar-refractivity contribution < 1.29 is 4.42 Å². The van der Waals surface area contributed by atoms with Crippen LogP contribution >= 0.6 is 23.2 Å². The van der Waals surface area contributed by atoms with Crippen LogP contribution in [0.1, 0.15) is 28.7 Å². The molecule has 2 heterocycles. The summed E-state index contributed by atoms with van der Waals surface area (Å²) in [4.78, 5) is 0. The number of nitrogens with zero attached hydrogens (tertiary/aromatic N) is 4. The number of halogens is 2. The first kappa shape index (κ1) is 16.0. The Morgan fingerprint density at radius 2 is 1.91 bits per heavy atom. The lowest BCUT2D eigenvalue weighted by atomic mass is 10.1. The van der Waals surface area contributed by atoms with Gasteiger partial charge >= 0.3 is 0 Å². The van der Waals surface area contributed by atoms with Gasteiger partial charge in [-0.15, -0.1) is 10.2 Å². The zero-order chi connectivity index (χ0) is 16.4. The van der Waals surface area contributed by atoms with Crippen LogP contribution in [0.4, 0.5) is 0 Å². The van der Waals surface area contributed by atoms with E-state index in [0.29, 0.717) is 41.2 Å². The lowest BCUT2D eigenvalue weighted by molar-refractivity contribution is 0.437. The molecule has 0 bridgehead atoms. The van der Waals surface area contributed by atoms with Gasteiger partial charge in [0.05, 0.1) is 22.8 Å². The molecule has 3 rings (SSSR count). The van der Waals surface area contributed by atoms with Gasteiger partial charge in [0.25, 0.3) is 0 Å². The van der Waals surface area contributed by atoms with E-state index >= 15 is 0 Å². The third-order valence-corrected chi connectivity index (χ3v) is 4.37. The Hall–Kier alpha value is -1.85. The summed E-state index contributed by atoms with van der Waals surface area (Å²) in [5.74, 6) is 1.17. The molecule has 0 aliphatic carbocycles. The van der Waals surface area contributed by atoms with E-state index in [1.165, 1.54) is 0 Å². The van der Waals surface area contributed by atoms with Crippen molar-refractivity contribution in [3.05, 3.63) is 63.0 Å². The Bertz CT molecular complexity index is 825. The quantitative estimate of drug-likeness (QED) is 0.697. The molecule has 0 unspecified atom stereocenters. The third kappa shape index (κ3) is 3.74. The minimum atomic E-state index is 0.569. The molecule has 0 spiro atoms. The highest BCUT2D eigenvalue weighted by atomic mass is 35.5. The summed E-state index contributed by atoms with van der Waals surface area (Å²) in [5.41, 5.74) is 2.82. The molecule has 0 fully saturated rings. The molecule has 7 heteroatoms. The molecule has 0 amide bonds. The van der Waals surface area contributed by atoms with Crippen LogP contribution in [0.15, 0.2) is 28.7 Å². The van der Waals surface area contributed by atoms with Crippen LogP contribution in [-0.2, 0) is 19.4 Å². The zero-order valence-electron chi connectivity index (χ0n) is 12.9. The number of aromatic nitrogens is 4. The largest absolute Gasteiger partial charge is 0.425 e. The number of rotatable bonds is 5. The summed E-state index contributed by atoms with van der Waals surface area (Å²) < 4.78 is 7.55. The second kappa shape index (κ2) is 6.72.